The molecule has 2 aromatic carbocycles. The molecule has 1 heterocycles. The molecule has 1 atom stereocenters. The van der Waals surface area contributed by atoms with E-state index in [2.05, 4.69) is 21.2 Å². The lowest BCUT2D eigenvalue weighted by Crippen LogP contribution is -2.17. The van der Waals surface area contributed by atoms with Crippen LogP contribution in [0.3, 0.4) is 0 Å². The molecule has 1 saturated heterocycles. The Morgan fingerprint density at radius 2 is 2.16 bits per heavy atom. The number of carbonyl (C=O) groups is 1. The van der Waals surface area contributed by atoms with Gasteiger partial charge in [0.2, 0.25) is 0 Å². The zero-order valence-electron chi connectivity index (χ0n) is 14.5. The van der Waals surface area contributed by atoms with Crippen molar-refractivity contribution in [2.45, 2.75) is 32.8 Å². The largest absolute Gasteiger partial charge is 0.490 e. The highest BCUT2D eigenvalue weighted by Gasteiger charge is 2.17. The highest BCUT2D eigenvalue weighted by Crippen LogP contribution is 2.28. The number of halogens is 1. The number of benzene rings is 2. The van der Waals surface area contributed by atoms with Crippen molar-refractivity contribution in [2.24, 2.45) is 0 Å². The standard InChI is InChI=1S/C20H22BrNO3/c1-13-5-3-7-18(14(13)2)22-20(23)15-8-9-19(17(21)11-15)25-12-16-6-4-10-24-16/h3,5,7-9,11,16H,4,6,10,12H2,1-2H3,(H,22,23). The van der Waals surface area contributed by atoms with Gasteiger partial charge in [-0.05, 0) is 78.0 Å². The molecule has 2 aromatic rings. The van der Waals surface area contributed by atoms with Crippen LogP contribution < -0.4 is 10.1 Å². The number of nitrogens with one attached hydrogen (secondary N) is 1. The van der Waals surface area contributed by atoms with E-state index in [-0.39, 0.29) is 12.0 Å². The molecule has 25 heavy (non-hydrogen) atoms. The van der Waals surface area contributed by atoms with Crippen molar-refractivity contribution in [3.05, 3.63) is 57.6 Å². The summed E-state index contributed by atoms with van der Waals surface area (Å²) >= 11 is 3.49. The van der Waals surface area contributed by atoms with Crippen molar-refractivity contribution >= 4 is 27.5 Å². The monoisotopic (exact) mass is 403 g/mol. The van der Waals surface area contributed by atoms with Gasteiger partial charge in [0.1, 0.15) is 12.4 Å². The third-order valence-corrected chi connectivity index (χ3v) is 5.12. The molecule has 0 saturated carbocycles. The molecule has 1 N–H and O–H groups in total. The van der Waals surface area contributed by atoms with Gasteiger partial charge < -0.3 is 14.8 Å². The predicted octanol–water partition coefficient (Wildman–Crippen LogP) is 4.88. The van der Waals surface area contributed by atoms with Crippen molar-refractivity contribution < 1.29 is 14.3 Å². The van der Waals surface area contributed by atoms with E-state index >= 15 is 0 Å². The van der Waals surface area contributed by atoms with Crippen LogP contribution in [0.1, 0.15) is 34.3 Å². The zero-order chi connectivity index (χ0) is 17.8. The summed E-state index contributed by atoms with van der Waals surface area (Å²) in [5, 5.41) is 2.97. The van der Waals surface area contributed by atoms with Gasteiger partial charge in [-0.2, -0.15) is 0 Å². The molecule has 1 amide bonds. The zero-order valence-corrected chi connectivity index (χ0v) is 16.1. The van der Waals surface area contributed by atoms with Crippen LogP contribution in [-0.4, -0.2) is 25.2 Å². The second kappa shape index (κ2) is 8.02. The van der Waals surface area contributed by atoms with Crippen LogP contribution in [-0.2, 0) is 4.74 Å². The van der Waals surface area contributed by atoms with Gasteiger partial charge in [-0.15, -0.1) is 0 Å². The summed E-state index contributed by atoms with van der Waals surface area (Å²) in [4.78, 5) is 12.5. The van der Waals surface area contributed by atoms with Gasteiger partial charge in [-0.25, -0.2) is 0 Å². The number of ether oxygens (including phenoxy) is 2. The maximum atomic E-state index is 12.5. The minimum atomic E-state index is -0.139. The van der Waals surface area contributed by atoms with Gasteiger partial charge in [0.05, 0.1) is 10.6 Å². The first-order valence-corrected chi connectivity index (χ1v) is 9.25. The van der Waals surface area contributed by atoms with Gasteiger partial charge in [-0.1, -0.05) is 12.1 Å². The molecule has 0 aliphatic carbocycles. The van der Waals surface area contributed by atoms with E-state index in [9.17, 15) is 4.79 Å². The second-order valence-electron chi connectivity index (χ2n) is 6.29. The SMILES string of the molecule is Cc1cccc(NC(=O)c2ccc(OCC3CCCO3)c(Br)c2)c1C. The normalized spacial score (nSPS) is 16.7. The third-order valence-electron chi connectivity index (χ3n) is 4.50. The summed E-state index contributed by atoms with van der Waals surface area (Å²) in [5.74, 6) is 0.582. The van der Waals surface area contributed by atoms with Crippen molar-refractivity contribution in [1.29, 1.82) is 0 Å². The summed E-state index contributed by atoms with van der Waals surface area (Å²) in [6, 6.07) is 11.3. The smallest absolute Gasteiger partial charge is 0.255 e. The lowest BCUT2D eigenvalue weighted by Gasteiger charge is -2.14. The molecule has 4 nitrogen and oxygen atoms in total. The summed E-state index contributed by atoms with van der Waals surface area (Å²) in [7, 11) is 0. The molecule has 0 radical (unpaired) electrons. The van der Waals surface area contributed by atoms with Crippen LogP contribution in [0.15, 0.2) is 40.9 Å². The number of anilines is 1. The fourth-order valence-electron chi connectivity index (χ4n) is 2.80. The first-order valence-electron chi connectivity index (χ1n) is 8.46. The average Bonchev–Trinajstić information content (AvgIpc) is 3.11. The highest BCUT2D eigenvalue weighted by atomic mass is 79.9. The van der Waals surface area contributed by atoms with E-state index in [0.717, 1.165) is 46.5 Å². The van der Waals surface area contributed by atoms with E-state index in [1.54, 1.807) is 12.1 Å². The predicted molar refractivity (Wildman–Crippen MR) is 102 cm³/mol. The molecule has 0 bridgehead atoms. The van der Waals surface area contributed by atoms with E-state index < -0.39 is 0 Å². The molecular weight excluding hydrogens is 382 g/mol. The topological polar surface area (TPSA) is 47.6 Å². The molecule has 132 valence electrons. The summed E-state index contributed by atoms with van der Waals surface area (Å²) < 4.78 is 12.1. The molecule has 1 unspecified atom stereocenters. The van der Waals surface area contributed by atoms with Gasteiger partial charge >= 0.3 is 0 Å². The lowest BCUT2D eigenvalue weighted by molar-refractivity contribution is 0.0677. The first-order chi connectivity index (χ1) is 12.0. The number of hydrogen-bond acceptors (Lipinski definition) is 3. The molecule has 1 aliphatic heterocycles. The summed E-state index contributed by atoms with van der Waals surface area (Å²) in [6.07, 6.45) is 2.29. The molecule has 3 rings (SSSR count). The van der Waals surface area contributed by atoms with E-state index in [4.69, 9.17) is 9.47 Å². The summed E-state index contributed by atoms with van der Waals surface area (Å²) in [5.41, 5.74) is 3.64. The van der Waals surface area contributed by atoms with Crippen molar-refractivity contribution in [2.75, 3.05) is 18.5 Å². The number of amides is 1. The number of rotatable bonds is 5. The van der Waals surface area contributed by atoms with Crippen LogP contribution >= 0.6 is 15.9 Å². The van der Waals surface area contributed by atoms with Gasteiger partial charge in [0.25, 0.3) is 5.91 Å². The van der Waals surface area contributed by atoms with Crippen molar-refractivity contribution in [3.8, 4) is 5.75 Å². The average molecular weight is 404 g/mol. The molecule has 0 aromatic heterocycles. The van der Waals surface area contributed by atoms with Crippen molar-refractivity contribution in [1.82, 2.24) is 0 Å². The Bertz CT molecular complexity index is 770. The van der Waals surface area contributed by atoms with Crippen LogP contribution in [0.25, 0.3) is 0 Å². The summed E-state index contributed by atoms with van der Waals surface area (Å²) in [6.45, 7) is 5.38. The Labute approximate surface area is 156 Å². The highest BCUT2D eigenvalue weighted by molar-refractivity contribution is 9.10. The fraction of sp³-hybridized carbons (Fsp3) is 0.350. The second-order valence-corrected chi connectivity index (χ2v) is 7.15. The van der Waals surface area contributed by atoms with Crippen LogP contribution in [0.4, 0.5) is 5.69 Å². The maximum absolute atomic E-state index is 12.5. The van der Waals surface area contributed by atoms with Gasteiger partial charge in [-0.3, -0.25) is 4.79 Å². The van der Waals surface area contributed by atoms with Crippen LogP contribution in [0.5, 0.6) is 5.75 Å². The minimum absolute atomic E-state index is 0.139. The van der Waals surface area contributed by atoms with Crippen molar-refractivity contribution in [3.63, 3.8) is 0 Å². The molecule has 1 aliphatic rings. The fourth-order valence-corrected chi connectivity index (χ4v) is 3.29. The molecular formula is C20H22BrNO3. The molecule has 1 fully saturated rings. The minimum Gasteiger partial charge on any atom is -0.490 e. The van der Waals surface area contributed by atoms with E-state index in [1.807, 2.05) is 38.1 Å². The quantitative estimate of drug-likeness (QED) is 0.773. The number of aryl methyl sites for hydroxylation is 1. The van der Waals surface area contributed by atoms with Crippen LogP contribution in [0.2, 0.25) is 0 Å². The third kappa shape index (κ3) is 4.41. The Kier molecular flexibility index (Phi) is 5.76. The number of carbonyl (C=O) groups excluding carboxylic acids is 1. The Morgan fingerprint density at radius 1 is 1.32 bits per heavy atom. The first kappa shape index (κ1) is 18.0. The molecule has 5 heteroatoms. The Hall–Kier alpha value is -1.85. The van der Waals surface area contributed by atoms with Gasteiger partial charge in [0, 0.05) is 17.9 Å². The molecule has 0 spiro atoms. The maximum Gasteiger partial charge on any atom is 0.255 e. The van der Waals surface area contributed by atoms with Crippen LogP contribution in [0, 0.1) is 13.8 Å². The van der Waals surface area contributed by atoms with Gasteiger partial charge in [0.15, 0.2) is 0 Å². The van der Waals surface area contributed by atoms with E-state index in [1.165, 1.54) is 0 Å². The Balaban J connectivity index is 1.66. The lowest BCUT2D eigenvalue weighted by atomic mass is 10.1. The number of hydrogen-bond donors (Lipinski definition) is 1. The Morgan fingerprint density at radius 3 is 2.88 bits per heavy atom. The van der Waals surface area contributed by atoms with E-state index in [0.29, 0.717) is 12.2 Å².